The molecule has 0 spiro atoms. The van der Waals surface area contributed by atoms with Crippen LogP contribution in [0.25, 0.3) is 10.8 Å². The summed E-state index contributed by atoms with van der Waals surface area (Å²) in [6.45, 7) is 4.42. The Morgan fingerprint density at radius 2 is 1.74 bits per heavy atom. The minimum Gasteiger partial charge on any atom is -0.393 e. The van der Waals surface area contributed by atoms with Crippen molar-refractivity contribution in [3.8, 4) is 0 Å². The fraction of sp³-hybridized carbons (Fsp3) is 0.444. The van der Waals surface area contributed by atoms with Gasteiger partial charge in [-0.3, -0.25) is 0 Å². The van der Waals surface area contributed by atoms with Gasteiger partial charge in [-0.1, -0.05) is 56.3 Å². The van der Waals surface area contributed by atoms with Crippen LogP contribution in [0.5, 0.6) is 0 Å². The van der Waals surface area contributed by atoms with Crippen LogP contribution in [0.3, 0.4) is 0 Å². The number of aliphatic hydroxyl groups excluding tert-OH is 1. The lowest BCUT2D eigenvalue weighted by molar-refractivity contribution is -0.0927. The smallest absolute Gasteiger partial charge is 0.0608 e. The van der Waals surface area contributed by atoms with E-state index >= 15 is 0 Å². The summed E-state index contributed by atoms with van der Waals surface area (Å²) >= 11 is 0. The third kappa shape index (κ3) is 1.72. The molecular formula is C18H22O. The third-order valence-corrected chi connectivity index (χ3v) is 5.33. The molecule has 0 heterocycles. The Kier molecular flexibility index (Phi) is 3.10. The Morgan fingerprint density at radius 1 is 1.05 bits per heavy atom. The lowest BCUT2D eigenvalue weighted by Crippen LogP contribution is -2.50. The molecule has 100 valence electrons. The Bertz CT molecular complexity index is 578. The summed E-state index contributed by atoms with van der Waals surface area (Å²) in [7, 11) is 0. The van der Waals surface area contributed by atoms with E-state index < -0.39 is 0 Å². The zero-order valence-electron chi connectivity index (χ0n) is 11.8. The maximum atomic E-state index is 10.3. The van der Waals surface area contributed by atoms with Crippen molar-refractivity contribution < 1.29 is 5.11 Å². The summed E-state index contributed by atoms with van der Waals surface area (Å²) < 4.78 is 0. The lowest BCUT2D eigenvalue weighted by Gasteiger charge is -2.54. The van der Waals surface area contributed by atoms with Crippen molar-refractivity contribution in [1.82, 2.24) is 0 Å². The average molecular weight is 254 g/mol. The topological polar surface area (TPSA) is 20.2 Å². The second-order valence-electron chi connectivity index (χ2n) is 5.81. The summed E-state index contributed by atoms with van der Waals surface area (Å²) in [4.78, 5) is 0. The van der Waals surface area contributed by atoms with Gasteiger partial charge in [0.05, 0.1) is 6.10 Å². The van der Waals surface area contributed by atoms with E-state index in [1.807, 2.05) is 0 Å². The van der Waals surface area contributed by atoms with E-state index in [4.69, 9.17) is 0 Å². The molecule has 1 N–H and O–H groups in total. The molecule has 1 fully saturated rings. The normalized spacial score (nSPS) is 25.2. The molecule has 1 nitrogen and oxygen atoms in total. The summed E-state index contributed by atoms with van der Waals surface area (Å²) in [5.41, 5.74) is 1.51. The van der Waals surface area contributed by atoms with Gasteiger partial charge in [-0.15, -0.1) is 0 Å². The number of aliphatic hydroxyl groups is 1. The zero-order valence-corrected chi connectivity index (χ0v) is 11.8. The van der Waals surface area contributed by atoms with Crippen LogP contribution in [-0.2, 0) is 0 Å². The number of fused-ring (bicyclic) bond motifs is 1. The molecule has 3 rings (SSSR count). The quantitative estimate of drug-likeness (QED) is 0.855. The van der Waals surface area contributed by atoms with Crippen molar-refractivity contribution in [2.24, 2.45) is 5.41 Å². The first-order valence-corrected chi connectivity index (χ1v) is 7.38. The fourth-order valence-corrected chi connectivity index (χ4v) is 3.97. The van der Waals surface area contributed by atoms with Gasteiger partial charge in [-0.05, 0) is 41.5 Å². The zero-order chi connectivity index (χ0) is 13.5. The summed E-state index contributed by atoms with van der Waals surface area (Å²) in [6, 6.07) is 15.2. The van der Waals surface area contributed by atoms with E-state index in [0.717, 1.165) is 19.3 Å². The monoisotopic (exact) mass is 254 g/mol. The van der Waals surface area contributed by atoms with Gasteiger partial charge in [0, 0.05) is 5.41 Å². The predicted octanol–water partition coefficient (Wildman–Crippen LogP) is 4.49. The lowest BCUT2D eigenvalue weighted by atomic mass is 9.53. The van der Waals surface area contributed by atoms with Crippen LogP contribution in [0, 0.1) is 5.41 Å². The van der Waals surface area contributed by atoms with E-state index in [-0.39, 0.29) is 11.5 Å². The molecule has 0 aliphatic heterocycles. The highest BCUT2D eigenvalue weighted by Crippen LogP contribution is 2.58. The highest BCUT2D eigenvalue weighted by molar-refractivity contribution is 5.86. The first-order valence-electron chi connectivity index (χ1n) is 7.38. The fourth-order valence-electron chi connectivity index (χ4n) is 3.97. The maximum absolute atomic E-state index is 10.3. The van der Waals surface area contributed by atoms with Gasteiger partial charge in [-0.2, -0.15) is 0 Å². The molecule has 0 radical (unpaired) electrons. The summed E-state index contributed by atoms with van der Waals surface area (Å²) in [6.07, 6.45) is 2.89. The van der Waals surface area contributed by atoms with Crippen molar-refractivity contribution in [3.63, 3.8) is 0 Å². The van der Waals surface area contributed by atoms with Crippen LogP contribution in [0.4, 0.5) is 0 Å². The molecule has 1 heteroatoms. The number of hydrogen-bond donors (Lipinski definition) is 1. The Morgan fingerprint density at radius 3 is 2.42 bits per heavy atom. The first kappa shape index (κ1) is 12.7. The van der Waals surface area contributed by atoms with E-state index in [9.17, 15) is 5.11 Å². The minimum absolute atomic E-state index is 0.0874. The molecule has 1 saturated carbocycles. The molecule has 0 bridgehead atoms. The molecule has 0 amide bonds. The van der Waals surface area contributed by atoms with Crippen LogP contribution in [0.2, 0.25) is 0 Å². The molecule has 2 aromatic carbocycles. The van der Waals surface area contributed by atoms with Gasteiger partial charge >= 0.3 is 0 Å². The third-order valence-electron chi connectivity index (χ3n) is 5.33. The molecule has 2 aromatic rings. The van der Waals surface area contributed by atoms with Crippen molar-refractivity contribution in [2.75, 3.05) is 0 Å². The molecular weight excluding hydrogens is 232 g/mol. The molecule has 1 aliphatic carbocycles. The Balaban J connectivity index is 2.11. The maximum Gasteiger partial charge on any atom is 0.0608 e. The molecule has 2 unspecified atom stereocenters. The summed E-state index contributed by atoms with van der Waals surface area (Å²) in [5, 5.41) is 12.9. The highest BCUT2D eigenvalue weighted by atomic mass is 16.3. The van der Waals surface area contributed by atoms with Crippen molar-refractivity contribution >= 4 is 10.8 Å². The van der Waals surface area contributed by atoms with E-state index in [1.54, 1.807) is 0 Å². The van der Waals surface area contributed by atoms with Crippen LogP contribution < -0.4 is 0 Å². The van der Waals surface area contributed by atoms with Crippen molar-refractivity contribution in [1.29, 1.82) is 0 Å². The molecule has 0 saturated heterocycles. The Hall–Kier alpha value is -1.34. The van der Waals surface area contributed by atoms with E-state index in [0.29, 0.717) is 5.92 Å². The molecule has 1 aliphatic rings. The number of hydrogen-bond acceptors (Lipinski definition) is 1. The number of rotatable bonds is 3. The van der Waals surface area contributed by atoms with Gasteiger partial charge in [0.1, 0.15) is 0 Å². The van der Waals surface area contributed by atoms with E-state index in [2.05, 4.69) is 56.3 Å². The molecule has 19 heavy (non-hydrogen) atoms. The van der Waals surface area contributed by atoms with Crippen LogP contribution in [0.1, 0.15) is 44.6 Å². The average Bonchev–Trinajstić information content (AvgIpc) is 2.46. The predicted molar refractivity (Wildman–Crippen MR) is 80.3 cm³/mol. The van der Waals surface area contributed by atoms with Gasteiger partial charge in [-0.25, -0.2) is 0 Å². The van der Waals surface area contributed by atoms with Gasteiger partial charge in [0.2, 0.25) is 0 Å². The SMILES string of the molecule is CCC1(CC)C(O)CC1c1cccc2ccccc12. The van der Waals surface area contributed by atoms with Gasteiger partial charge in [0.25, 0.3) is 0 Å². The molecule has 0 aromatic heterocycles. The standard InChI is InChI=1S/C18H22O/c1-3-18(4-2)16(12-17(18)19)15-11-7-9-13-8-5-6-10-14(13)15/h5-11,16-17,19H,3-4,12H2,1-2H3. The molecule has 2 atom stereocenters. The minimum atomic E-state index is -0.133. The van der Waals surface area contributed by atoms with E-state index in [1.165, 1.54) is 16.3 Å². The van der Waals surface area contributed by atoms with Gasteiger partial charge < -0.3 is 5.11 Å². The second kappa shape index (κ2) is 4.64. The van der Waals surface area contributed by atoms with Gasteiger partial charge in [0.15, 0.2) is 0 Å². The first-order chi connectivity index (χ1) is 9.23. The largest absolute Gasteiger partial charge is 0.393 e. The second-order valence-corrected chi connectivity index (χ2v) is 5.81. The highest BCUT2D eigenvalue weighted by Gasteiger charge is 2.52. The van der Waals surface area contributed by atoms with Crippen molar-refractivity contribution in [3.05, 3.63) is 48.0 Å². The Labute approximate surface area is 115 Å². The van der Waals surface area contributed by atoms with Crippen LogP contribution in [-0.4, -0.2) is 11.2 Å². The van der Waals surface area contributed by atoms with Crippen LogP contribution in [0.15, 0.2) is 42.5 Å². The number of benzene rings is 2. The van der Waals surface area contributed by atoms with Crippen molar-refractivity contribution in [2.45, 2.75) is 45.1 Å². The van der Waals surface area contributed by atoms with Crippen LogP contribution >= 0.6 is 0 Å². The summed E-state index contributed by atoms with van der Waals surface area (Å²) in [5.74, 6) is 0.503.